The van der Waals surface area contributed by atoms with Gasteiger partial charge in [0, 0.05) is 19.0 Å². The fourth-order valence-corrected chi connectivity index (χ4v) is 3.62. The summed E-state index contributed by atoms with van der Waals surface area (Å²) in [6.07, 6.45) is 4.87. The van der Waals surface area contributed by atoms with Crippen LogP contribution in [0, 0.1) is 17.8 Å². The maximum Gasteiger partial charge on any atom is 0.225 e. The Balaban J connectivity index is 1.71. The summed E-state index contributed by atoms with van der Waals surface area (Å²) in [5, 5.41) is 0. The molecule has 2 atom stereocenters. The van der Waals surface area contributed by atoms with Gasteiger partial charge in [0.15, 0.2) is 0 Å². The van der Waals surface area contributed by atoms with Crippen molar-refractivity contribution in [3.8, 4) is 0 Å². The van der Waals surface area contributed by atoms with Crippen molar-refractivity contribution in [1.82, 2.24) is 9.80 Å². The number of carbonyl (C=O) groups excluding carboxylic acids is 1. The second kappa shape index (κ2) is 6.74. The van der Waals surface area contributed by atoms with E-state index in [2.05, 4.69) is 30.6 Å². The first kappa shape index (κ1) is 14.8. The summed E-state index contributed by atoms with van der Waals surface area (Å²) in [6, 6.07) is 0. The molecule has 0 spiro atoms. The molecular formula is C16H30N2O. The highest BCUT2D eigenvalue weighted by Crippen LogP contribution is 2.54. The Labute approximate surface area is 118 Å². The predicted molar refractivity (Wildman–Crippen MR) is 79.0 cm³/mol. The van der Waals surface area contributed by atoms with Gasteiger partial charge in [-0.3, -0.25) is 4.79 Å². The Morgan fingerprint density at radius 1 is 0.947 bits per heavy atom. The first-order valence-corrected chi connectivity index (χ1v) is 8.20. The van der Waals surface area contributed by atoms with E-state index in [9.17, 15) is 4.79 Å². The molecule has 0 saturated heterocycles. The van der Waals surface area contributed by atoms with Crippen molar-refractivity contribution in [2.24, 2.45) is 17.8 Å². The van der Waals surface area contributed by atoms with E-state index in [4.69, 9.17) is 0 Å². The van der Waals surface area contributed by atoms with Crippen molar-refractivity contribution in [3.05, 3.63) is 0 Å². The summed E-state index contributed by atoms with van der Waals surface area (Å²) in [6.45, 7) is 11.7. The standard InChI is InChI=1S/C16H30N2O/c1-4-17(5-2)8-7-9-18(6-3)16(19)15-11-13-10-14(13)12-15/h13-15H,4-12H2,1-3H3. The van der Waals surface area contributed by atoms with Crippen molar-refractivity contribution >= 4 is 5.91 Å². The molecule has 2 unspecified atom stereocenters. The monoisotopic (exact) mass is 266 g/mol. The molecule has 2 aliphatic rings. The third kappa shape index (κ3) is 3.71. The third-order valence-corrected chi connectivity index (χ3v) is 5.08. The van der Waals surface area contributed by atoms with Gasteiger partial charge < -0.3 is 9.80 Å². The van der Waals surface area contributed by atoms with Gasteiger partial charge in [-0.05, 0) is 64.1 Å². The number of hydrogen-bond donors (Lipinski definition) is 0. The summed E-state index contributed by atoms with van der Waals surface area (Å²) in [7, 11) is 0. The molecule has 0 aromatic heterocycles. The molecule has 19 heavy (non-hydrogen) atoms. The van der Waals surface area contributed by atoms with Crippen molar-refractivity contribution in [2.75, 3.05) is 32.7 Å². The lowest BCUT2D eigenvalue weighted by Crippen LogP contribution is -2.37. The molecule has 0 bridgehead atoms. The minimum atomic E-state index is 0.358. The second-order valence-corrected chi connectivity index (χ2v) is 6.22. The van der Waals surface area contributed by atoms with Crippen LogP contribution in [-0.4, -0.2) is 48.4 Å². The van der Waals surface area contributed by atoms with Gasteiger partial charge in [-0.25, -0.2) is 0 Å². The summed E-state index contributed by atoms with van der Waals surface area (Å²) in [4.78, 5) is 17.0. The number of amides is 1. The Kier molecular flexibility index (Phi) is 5.26. The highest BCUT2D eigenvalue weighted by Gasteiger charge is 2.48. The quantitative estimate of drug-likeness (QED) is 0.674. The zero-order valence-corrected chi connectivity index (χ0v) is 12.9. The highest BCUT2D eigenvalue weighted by atomic mass is 16.2. The second-order valence-electron chi connectivity index (χ2n) is 6.22. The Hall–Kier alpha value is -0.570. The van der Waals surface area contributed by atoms with Crippen LogP contribution < -0.4 is 0 Å². The van der Waals surface area contributed by atoms with E-state index >= 15 is 0 Å². The van der Waals surface area contributed by atoms with Gasteiger partial charge in [0.25, 0.3) is 0 Å². The molecule has 3 heteroatoms. The summed E-state index contributed by atoms with van der Waals surface area (Å²) >= 11 is 0. The average Bonchev–Trinajstić information content (AvgIpc) is 3.05. The summed E-state index contributed by atoms with van der Waals surface area (Å²) in [5.41, 5.74) is 0. The number of rotatable bonds is 8. The predicted octanol–water partition coefficient (Wildman–Crippen LogP) is 2.61. The Morgan fingerprint density at radius 3 is 2.11 bits per heavy atom. The first-order chi connectivity index (χ1) is 9.19. The SMILES string of the molecule is CCN(CC)CCCN(CC)C(=O)C1CC2CC2C1. The van der Waals surface area contributed by atoms with Crippen LogP contribution in [0.1, 0.15) is 46.5 Å². The molecule has 2 fully saturated rings. The maximum atomic E-state index is 12.5. The Bertz CT molecular complexity index is 291. The molecule has 2 saturated carbocycles. The van der Waals surface area contributed by atoms with E-state index in [1.807, 2.05) is 0 Å². The van der Waals surface area contributed by atoms with E-state index in [-0.39, 0.29) is 0 Å². The first-order valence-electron chi connectivity index (χ1n) is 8.20. The van der Waals surface area contributed by atoms with Crippen LogP contribution in [0.15, 0.2) is 0 Å². The lowest BCUT2D eigenvalue weighted by molar-refractivity contribution is -0.135. The zero-order chi connectivity index (χ0) is 13.8. The van der Waals surface area contributed by atoms with Gasteiger partial charge in [0.2, 0.25) is 5.91 Å². The van der Waals surface area contributed by atoms with Crippen LogP contribution >= 0.6 is 0 Å². The Morgan fingerprint density at radius 2 is 1.58 bits per heavy atom. The van der Waals surface area contributed by atoms with E-state index < -0.39 is 0 Å². The molecule has 0 aliphatic heterocycles. The molecule has 110 valence electrons. The molecule has 0 aromatic carbocycles. The highest BCUT2D eigenvalue weighted by molar-refractivity contribution is 5.79. The van der Waals surface area contributed by atoms with Crippen LogP contribution in [0.25, 0.3) is 0 Å². The van der Waals surface area contributed by atoms with Crippen LogP contribution in [0.2, 0.25) is 0 Å². The van der Waals surface area contributed by atoms with Gasteiger partial charge in [0.05, 0.1) is 0 Å². The maximum absolute atomic E-state index is 12.5. The number of carbonyl (C=O) groups is 1. The average molecular weight is 266 g/mol. The molecule has 0 radical (unpaired) electrons. The number of fused-ring (bicyclic) bond motifs is 1. The summed E-state index contributed by atoms with van der Waals surface area (Å²) < 4.78 is 0. The molecule has 1 amide bonds. The summed E-state index contributed by atoms with van der Waals surface area (Å²) in [5.74, 6) is 2.61. The van der Waals surface area contributed by atoms with Crippen molar-refractivity contribution in [1.29, 1.82) is 0 Å². The normalized spacial score (nSPS) is 28.5. The van der Waals surface area contributed by atoms with Crippen LogP contribution in [0.3, 0.4) is 0 Å². The molecule has 0 N–H and O–H groups in total. The largest absolute Gasteiger partial charge is 0.343 e. The van der Waals surface area contributed by atoms with Gasteiger partial charge in [-0.15, -0.1) is 0 Å². The third-order valence-electron chi connectivity index (χ3n) is 5.08. The van der Waals surface area contributed by atoms with Gasteiger partial charge in [-0.2, -0.15) is 0 Å². The van der Waals surface area contributed by atoms with Crippen molar-refractivity contribution in [2.45, 2.75) is 46.5 Å². The number of nitrogens with zero attached hydrogens (tertiary/aromatic N) is 2. The zero-order valence-electron chi connectivity index (χ0n) is 12.9. The van der Waals surface area contributed by atoms with Gasteiger partial charge >= 0.3 is 0 Å². The van der Waals surface area contributed by atoms with E-state index in [1.54, 1.807) is 0 Å². The molecule has 2 rings (SSSR count). The molecular weight excluding hydrogens is 236 g/mol. The fourth-order valence-electron chi connectivity index (χ4n) is 3.62. The number of hydrogen-bond acceptors (Lipinski definition) is 2. The van der Waals surface area contributed by atoms with Crippen molar-refractivity contribution in [3.63, 3.8) is 0 Å². The van der Waals surface area contributed by atoms with E-state index in [0.717, 1.165) is 51.0 Å². The fraction of sp³-hybridized carbons (Fsp3) is 0.938. The van der Waals surface area contributed by atoms with Crippen LogP contribution in [0.5, 0.6) is 0 Å². The van der Waals surface area contributed by atoms with Gasteiger partial charge in [-0.1, -0.05) is 13.8 Å². The molecule has 3 nitrogen and oxygen atoms in total. The van der Waals surface area contributed by atoms with Gasteiger partial charge in [0.1, 0.15) is 0 Å². The molecule has 2 aliphatic carbocycles. The van der Waals surface area contributed by atoms with Crippen molar-refractivity contribution < 1.29 is 4.79 Å². The smallest absolute Gasteiger partial charge is 0.225 e. The lowest BCUT2D eigenvalue weighted by Gasteiger charge is -2.26. The minimum absolute atomic E-state index is 0.358. The topological polar surface area (TPSA) is 23.6 Å². The van der Waals surface area contributed by atoms with E-state index in [1.165, 1.54) is 19.3 Å². The van der Waals surface area contributed by atoms with Crippen LogP contribution in [0.4, 0.5) is 0 Å². The molecule has 0 aromatic rings. The molecule has 0 heterocycles. The minimum Gasteiger partial charge on any atom is -0.343 e. The van der Waals surface area contributed by atoms with E-state index in [0.29, 0.717) is 11.8 Å². The lowest BCUT2D eigenvalue weighted by atomic mass is 10.0. The van der Waals surface area contributed by atoms with Crippen LogP contribution in [-0.2, 0) is 4.79 Å².